The summed E-state index contributed by atoms with van der Waals surface area (Å²) >= 11 is 0. The molecule has 1 aromatic heterocycles. The van der Waals surface area contributed by atoms with Gasteiger partial charge in [-0.2, -0.15) is 0 Å². The smallest absolute Gasteiger partial charge is 0.201 e. The van der Waals surface area contributed by atoms with E-state index in [0.717, 1.165) is 0 Å². The summed E-state index contributed by atoms with van der Waals surface area (Å²) in [5.41, 5.74) is 0.160. The van der Waals surface area contributed by atoms with Crippen LogP contribution in [0.3, 0.4) is 0 Å². The normalized spacial score (nSPS) is 17.2. The van der Waals surface area contributed by atoms with Crippen molar-refractivity contribution in [2.45, 2.75) is 12.8 Å². The largest absolute Gasteiger partial charge is 0.450 e. The molecule has 1 aliphatic rings. The first-order valence-electron chi connectivity index (χ1n) is 6.06. The summed E-state index contributed by atoms with van der Waals surface area (Å²) in [7, 11) is 0. The molecule has 3 rings (SSSR count). The van der Waals surface area contributed by atoms with Crippen LogP contribution >= 0.6 is 0 Å². The van der Waals surface area contributed by atoms with Crippen LogP contribution in [-0.2, 0) is 4.74 Å². The lowest BCUT2D eigenvalue weighted by Crippen LogP contribution is -2.23. The van der Waals surface area contributed by atoms with Gasteiger partial charge in [0.05, 0.1) is 0 Å². The maximum absolute atomic E-state index is 13.5. The minimum absolute atomic E-state index is 0.0473. The van der Waals surface area contributed by atoms with Crippen molar-refractivity contribution >= 4 is 16.8 Å². The highest BCUT2D eigenvalue weighted by atomic mass is 19.1. The Hall–Kier alpha value is -1.68. The fourth-order valence-corrected chi connectivity index (χ4v) is 2.31. The second-order valence-corrected chi connectivity index (χ2v) is 4.52. The van der Waals surface area contributed by atoms with Crippen LogP contribution in [-0.4, -0.2) is 19.0 Å². The van der Waals surface area contributed by atoms with Gasteiger partial charge in [0.2, 0.25) is 5.78 Å². The highest BCUT2D eigenvalue weighted by Crippen LogP contribution is 2.26. The molecule has 0 amide bonds. The number of carbonyl (C=O) groups excluding carboxylic acids is 1. The quantitative estimate of drug-likeness (QED) is 0.766. The van der Waals surface area contributed by atoms with E-state index in [1.54, 1.807) is 18.2 Å². The Labute approximate surface area is 104 Å². The van der Waals surface area contributed by atoms with Crippen LogP contribution in [0, 0.1) is 11.7 Å². The maximum Gasteiger partial charge on any atom is 0.201 e. The Kier molecular flexibility index (Phi) is 2.88. The number of halogens is 1. The molecule has 0 atom stereocenters. The fourth-order valence-electron chi connectivity index (χ4n) is 2.31. The van der Waals surface area contributed by atoms with Gasteiger partial charge in [0, 0.05) is 24.5 Å². The Bertz CT molecular complexity index is 582. The molecule has 0 saturated carbocycles. The predicted octanol–water partition coefficient (Wildman–Crippen LogP) is 3.18. The van der Waals surface area contributed by atoms with Crippen molar-refractivity contribution in [3.8, 4) is 0 Å². The average Bonchev–Trinajstić information content (AvgIpc) is 2.84. The van der Waals surface area contributed by atoms with Crippen molar-refractivity contribution < 1.29 is 18.3 Å². The second-order valence-electron chi connectivity index (χ2n) is 4.52. The first kappa shape index (κ1) is 11.4. The molecule has 1 saturated heterocycles. The molecule has 4 heteroatoms. The molecule has 0 N–H and O–H groups in total. The van der Waals surface area contributed by atoms with Gasteiger partial charge >= 0.3 is 0 Å². The minimum Gasteiger partial charge on any atom is -0.450 e. The van der Waals surface area contributed by atoms with E-state index in [0.29, 0.717) is 31.4 Å². The van der Waals surface area contributed by atoms with E-state index in [4.69, 9.17) is 9.15 Å². The van der Waals surface area contributed by atoms with Crippen LogP contribution < -0.4 is 0 Å². The number of benzene rings is 1. The van der Waals surface area contributed by atoms with Crippen LogP contribution in [0.1, 0.15) is 23.4 Å². The molecule has 3 nitrogen and oxygen atoms in total. The van der Waals surface area contributed by atoms with E-state index in [2.05, 4.69) is 0 Å². The summed E-state index contributed by atoms with van der Waals surface area (Å²) in [5.74, 6) is -0.295. The number of fused-ring (bicyclic) bond motifs is 1. The summed E-state index contributed by atoms with van der Waals surface area (Å²) < 4.78 is 24.0. The number of ketones is 1. The van der Waals surface area contributed by atoms with Gasteiger partial charge in [-0.05, 0) is 25.0 Å². The zero-order valence-electron chi connectivity index (χ0n) is 9.82. The number of rotatable bonds is 2. The Morgan fingerprint density at radius 3 is 2.78 bits per heavy atom. The summed E-state index contributed by atoms with van der Waals surface area (Å²) in [5, 5.41) is 0.630. The molecule has 0 radical (unpaired) electrons. The Balaban J connectivity index is 1.94. The van der Waals surface area contributed by atoms with E-state index in [9.17, 15) is 9.18 Å². The molecule has 2 heterocycles. The molecule has 2 aromatic rings. The standard InChI is InChI=1S/C14H13FO3/c15-11-3-1-2-10-8-12(18-14(10)11)13(16)9-4-6-17-7-5-9/h1-3,8-9H,4-7H2. The Morgan fingerprint density at radius 1 is 1.28 bits per heavy atom. The summed E-state index contributed by atoms with van der Waals surface area (Å²) in [4.78, 5) is 12.2. The highest BCUT2D eigenvalue weighted by molar-refractivity contribution is 5.99. The molecular weight excluding hydrogens is 235 g/mol. The monoisotopic (exact) mass is 248 g/mol. The third-order valence-electron chi connectivity index (χ3n) is 3.33. The fraction of sp³-hybridized carbons (Fsp3) is 0.357. The summed E-state index contributed by atoms with van der Waals surface area (Å²) in [6, 6.07) is 6.29. The summed E-state index contributed by atoms with van der Waals surface area (Å²) in [6.07, 6.45) is 1.41. The van der Waals surface area contributed by atoms with Crippen molar-refractivity contribution in [3.05, 3.63) is 35.8 Å². The van der Waals surface area contributed by atoms with Crippen molar-refractivity contribution in [2.75, 3.05) is 13.2 Å². The van der Waals surface area contributed by atoms with Gasteiger partial charge in [-0.1, -0.05) is 12.1 Å². The van der Waals surface area contributed by atoms with Crippen molar-refractivity contribution in [1.29, 1.82) is 0 Å². The molecule has 1 aliphatic heterocycles. The van der Waals surface area contributed by atoms with Crippen LogP contribution in [0.4, 0.5) is 4.39 Å². The maximum atomic E-state index is 13.5. The average molecular weight is 248 g/mol. The van der Waals surface area contributed by atoms with Crippen molar-refractivity contribution in [3.63, 3.8) is 0 Å². The molecule has 1 aromatic carbocycles. The predicted molar refractivity (Wildman–Crippen MR) is 64.0 cm³/mol. The van der Waals surface area contributed by atoms with Gasteiger partial charge in [-0.25, -0.2) is 4.39 Å². The lowest BCUT2D eigenvalue weighted by Gasteiger charge is -2.19. The van der Waals surface area contributed by atoms with E-state index in [1.165, 1.54) is 6.07 Å². The van der Waals surface area contributed by atoms with Gasteiger partial charge in [0.15, 0.2) is 17.2 Å². The Morgan fingerprint density at radius 2 is 2.06 bits per heavy atom. The molecule has 94 valence electrons. The highest BCUT2D eigenvalue weighted by Gasteiger charge is 2.25. The van der Waals surface area contributed by atoms with Gasteiger partial charge in [-0.3, -0.25) is 4.79 Å². The molecule has 0 aliphatic carbocycles. The topological polar surface area (TPSA) is 39.4 Å². The first-order valence-corrected chi connectivity index (χ1v) is 6.06. The van der Waals surface area contributed by atoms with E-state index < -0.39 is 5.82 Å². The molecule has 0 bridgehead atoms. The molecule has 18 heavy (non-hydrogen) atoms. The number of hydrogen-bond donors (Lipinski definition) is 0. The zero-order valence-corrected chi connectivity index (χ0v) is 9.82. The van der Waals surface area contributed by atoms with Gasteiger partial charge in [0.1, 0.15) is 0 Å². The number of Topliss-reactive ketones (excluding diaryl/α,β-unsaturated/α-hetero) is 1. The number of para-hydroxylation sites is 1. The third kappa shape index (κ3) is 1.93. The SMILES string of the molecule is O=C(c1cc2cccc(F)c2o1)C1CCOCC1. The van der Waals surface area contributed by atoms with Crippen LogP contribution in [0.5, 0.6) is 0 Å². The number of hydrogen-bond acceptors (Lipinski definition) is 3. The van der Waals surface area contributed by atoms with Crippen molar-refractivity contribution in [2.24, 2.45) is 5.92 Å². The minimum atomic E-state index is -0.432. The van der Waals surface area contributed by atoms with Crippen LogP contribution in [0.15, 0.2) is 28.7 Å². The lowest BCUT2D eigenvalue weighted by molar-refractivity contribution is 0.0528. The van der Waals surface area contributed by atoms with E-state index >= 15 is 0 Å². The lowest BCUT2D eigenvalue weighted by atomic mass is 9.94. The number of furan rings is 1. The van der Waals surface area contributed by atoms with E-state index in [-0.39, 0.29) is 23.0 Å². The van der Waals surface area contributed by atoms with Gasteiger partial charge in [-0.15, -0.1) is 0 Å². The van der Waals surface area contributed by atoms with Gasteiger partial charge in [0.25, 0.3) is 0 Å². The first-order chi connectivity index (χ1) is 8.75. The van der Waals surface area contributed by atoms with Gasteiger partial charge < -0.3 is 9.15 Å². The molecular formula is C14H13FO3. The number of carbonyl (C=O) groups is 1. The second kappa shape index (κ2) is 4.53. The van der Waals surface area contributed by atoms with Crippen LogP contribution in [0.2, 0.25) is 0 Å². The molecule has 0 spiro atoms. The van der Waals surface area contributed by atoms with Crippen molar-refractivity contribution in [1.82, 2.24) is 0 Å². The molecule has 1 fully saturated rings. The number of ether oxygens (including phenoxy) is 1. The third-order valence-corrected chi connectivity index (χ3v) is 3.33. The zero-order chi connectivity index (χ0) is 12.5. The summed E-state index contributed by atoms with van der Waals surface area (Å²) in [6.45, 7) is 1.20. The van der Waals surface area contributed by atoms with E-state index in [1.807, 2.05) is 0 Å². The van der Waals surface area contributed by atoms with Crippen LogP contribution in [0.25, 0.3) is 11.0 Å². The molecule has 0 unspecified atom stereocenters.